The van der Waals surface area contributed by atoms with Gasteiger partial charge in [-0.15, -0.1) is 0 Å². The van der Waals surface area contributed by atoms with E-state index in [1.807, 2.05) is 0 Å². The molecule has 2 heteroatoms. The number of rotatable bonds is 0. The van der Waals surface area contributed by atoms with Crippen LogP contribution in [0, 0.1) is 0 Å². The van der Waals surface area contributed by atoms with Gasteiger partial charge in [0.05, 0.1) is 0 Å². The molecule has 0 aliphatic carbocycles. The minimum absolute atomic E-state index is 0.333. The molecule has 0 amide bonds. The topological polar surface area (TPSA) is 0 Å². The van der Waals surface area contributed by atoms with E-state index in [2.05, 4.69) is 28.8 Å². The van der Waals surface area contributed by atoms with E-state index in [0.717, 1.165) is 0 Å². The Kier molecular flexibility index (Phi) is 15.9. The first-order chi connectivity index (χ1) is 3.15. The van der Waals surface area contributed by atoms with E-state index in [0.29, 0.717) is 15.4 Å². The van der Waals surface area contributed by atoms with E-state index < -0.39 is 0 Å². The predicted octanol–water partition coefficient (Wildman–Crippen LogP) is 2.16. The summed E-state index contributed by atoms with van der Waals surface area (Å²) in [6, 6.07) is 0. The van der Waals surface area contributed by atoms with Crippen LogP contribution in [0.25, 0.3) is 0 Å². The Labute approximate surface area is 58.7 Å². The summed E-state index contributed by atoms with van der Waals surface area (Å²) in [5.74, 6) is 11.5. The quantitative estimate of drug-likeness (QED) is 0.549. The maximum atomic E-state index is 2.33. The van der Waals surface area contributed by atoms with Gasteiger partial charge in [0.2, 0.25) is 0 Å². The van der Waals surface area contributed by atoms with Crippen LogP contribution in [0.3, 0.4) is 0 Å². The van der Waals surface area contributed by atoms with Crippen LogP contribution < -0.4 is 0 Å². The van der Waals surface area contributed by atoms with Crippen molar-refractivity contribution in [1.82, 2.24) is 0 Å². The maximum absolute atomic E-state index is 2.33. The van der Waals surface area contributed by atoms with Crippen molar-refractivity contribution in [2.75, 3.05) is 0 Å². The van der Waals surface area contributed by atoms with Crippen LogP contribution in [0.15, 0.2) is 0 Å². The van der Waals surface area contributed by atoms with Crippen molar-refractivity contribution in [3.8, 4) is 0 Å². The molecule has 0 aromatic heterocycles. The zero-order valence-corrected chi connectivity index (χ0v) is 10.2. The normalized spacial score (nSPS) is 7.71. The second kappa shape index (κ2) is 10.1. The molecular formula is C5H15Ge2. The van der Waals surface area contributed by atoms with Crippen LogP contribution in [-0.4, -0.2) is 29.8 Å². The van der Waals surface area contributed by atoms with Gasteiger partial charge in [-0.25, -0.2) is 0 Å². The second-order valence-corrected chi connectivity index (χ2v) is 10.4. The Balaban J connectivity index is 0. The van der Waals surface area contributed by atoms with Gasteiger partial charge in [0, 0.05) is 0 Å². The Morgan fingerprint density at radius 1 is 1.00 bits per heavy atom. The molecule has 0 N–H and O–H groups in total. The van der Waals surface area contributed by atoms with Crippen molar-refractivity contribution in [2.24, 2.45) is 0 Å². The fraction of sp³-hybridized carbons (Fsp3) is 1.00. The van der Waals surface area contributed by atoms with Crippen molar-refractivity contribution in [2.45, 2.75) is 28.8 Å². The zero-order valence-electron chi connectivity index (χ0n) is 6.00. The fourth-order valence-corrected chi connectivity index (χ4v) is 0. The molecule has 0 heterocycles. The molecule has 0 aromatic rings. The average Bonchev–Trinajstić information content (AvgIpc) is 1.33. The van der Waals surface area contributed by atoms with E-state index in [1.165, 1.54) is 0 Å². The van der Waals surface area contributed by atoms with Gasteiger partial charge in [-0.2, -0.15) is 0 Å². The molecule has 7 heavy (non-hydrogen) atoms. The fourth-order valence-electron chi connectivity index (χ4n) is 0. The van der Waals surface area contributed by atoms with Crippen LogP contribution in [0.4, 0.5) is 0 Å². The van der Waals surface area contributed by atoms with E-state index in [4.69, 9.17) is 0 Å². The summed E-state index contributed by atoms with van der Waals surface area (Å²) in [7, 11) is 0. The molecule has 0 nitrogen and oxygen atoms in total. The van der Waals surface area contributed by atoms with Gasteiger partial charge >= 0.3 is 58.6 Å². The second-order valence-electron chi connectivity index (χ2n) is 2.00. The molecule has 0 aliphatic rings. The van der Waals surface area contributed by atoms with Crippen LogP contribution in [0.5, 0.6) is 0 Å². The average molecular weight is 220 g/mol. The van der Waals surface area contributed by atoms with Crippen LogP contribution in [0.1, 0.15) is 0 Å². The summed E-state index contributed by atoms with van der Waals surface area (Å²) in [5, 5.41) is 0. The third kappa shape index (κ3) is 155. The van der Waals surface area contributed by atoms with Crippen LogP contribution in [0.2, 0.25) is 28.8 Å². The number of hydrogen-bond acceptors (Lipinski definition) is 0. The van der Waals surface area contributed by atoms with Gasteiger partial charge in [-0.3, -0.25) is 0 Å². The van der Waals surface area contributed by atoms with Crippen molar-refractivity contribution in [1.29, 1.82) is 0 Å². The van der Waals surface area contributed by atoms with Crippen molar-refractivity contribution in [3.63, 3.8) is 0 Å². The molecule has 0 fully saturated rings. The Hall–Kier alpha value is 1.09. The summed E-state index contributed by atoms with van der Waals surface area (Å²) in [6.45, 7) is 0. The standard InChI is InChI=1S/C3H9Ge.C2H6Ge/c1-4(2)3;1-3-2/h1-3H3;1-2H3. The predicted molar refractivity (Wildman–Crippen MR) is 40.8 cm³/mol. The molecule has 0 aliphatic heterocycles. The molecule has 0 saturated heterocycles. The zero-order chi connectivity index (χ0) is 6.28. The van der Waals surface area contributed by atoms with Gasteiger partial charge in [-0.05, 0) is 0 Å². The van der Waals surface area contributed by atoms with Crippen molar-refractivity contribution >= 4 is 29.8 Å². The van der Waals surface area contributed by atoms with Gasteiger partial charge in [0.25, 0.3) is 0 Å². The van der Waals surface area contributed by atoms with Gasteiger partial charge < -0.3 is 0 Å². The van der Waals surface area contributed by atoms with E-state index in [9.17, 15) is 0 Å². The third-order valence-electron chi connectivity index (χ3n) is 0. The molecule has 0 atom stereocenters. The van der Waals surface area contributed by atoms with Crippen LogP contribution >= 0.6 is 0 Å². The summed E-state index contributed by atoms with van der Waals surface area (Å²) < 4.78 is 0. The third-order valence-corrected chi connectivity index (χ3v) is 0. The van der Waals surface area contributed by atoms with Crippen molar-refractivity contribution in [3.05, 3.63) is 0 Å². The first-order valence-electron chi connectivity index (χ1n) is 2.50. The molecule has 0 aromatic carbocycles. The molecule has 43 valence electrons. The monoisotopic (exact) mass is 223 g/mol. The van der Waals surface area contributed by atoms with Crippen molar-refractivity contribution < 1.29 is 0 Å². The minimum atomic E-state index is -0.333. The summed E-state index contributed by atoms with van der Waals surface area (Å²) >= 11 is 0.167. The van der Waals surface area contributed by atoms with E-state index >= 15 is 0 Å². The number of hydrogen-bond donors (Lipinski definition) is 0. The van der Waals surface area contributed by atoms with Gasteiger partial charge in [0.15, 0.2) is 0 Å². The molecule has 0 bridgehead atoms. The molecule has 0 spiro atoms. The Bertz CT molecular complexity index is 17.3. The summed E-state index contributed by atoms with van der Waals surface area (Å²) in [5.41, 5.74) is 0. The Morgan fingerprint density at radius 2 is 1.00 bits per heavy atom. The first-order valence-corrected chi connectivity index (χ1v) is 13.0. The molecular weight excluding hydrogens is 205 g/mol. The molecule has 0 unspecified atom stereocenters. The summed E-state index contributed by atoms with van der Waals surface area (Å²) in [6.07, 6.45) is 0. The van der Waals surface area contributed by atoms with Gasteiger partial charge in [-0.1, -0.05) is 0 Å². The Morgan fingerprint density at radius 3 is 1.00 bits per heavy atom. The summed E-state index contributed by atoms with van der Waals surface area (Å²) in [4.78, 5) is 0. The first kappa shape index (κ1) is 11.0. The SMILES string of the molecule is [CH3][Ge]([CH3])[CH3].[CH3][Ge][CH3]. The van der Waals surface area contributed by atoms with E-state index in [1.54, 1.807) is 0 Å². The van der Waals surface area contributed by atoms with Gasteiger partial charge in [0.1, 0.15) is 0 Å². The molecule has 0 saturated carbocycles. The molecule has 0 rings (SSSR count). The van der Waals surface area contributed by atoms with Crippen LogP contribution in [-0.2, 0) is 0 Å². The molecule has 3 radical (unpaired) electrons. The van der Waals surface area contributed by atoms with E-state index in [-0.39, 0.29) is 14.3 Å².